The second-order valence-electron chi connectivity index (χ2n) is 36.0. The van der Waals surface area contributed by atoms with Crippen LogP contribution in [0.4, 0.5) is 0 Å². The number of esters is 3. The molecule has 0 fully saturated rings. The second-order valence-corrected chi connectivity index (χ2v) is 38.9. The van der Waals surface area contributed by atoms with E-state index in [0.29, 0.717) is 19.3 Å². The van der Waals surface area contributed by atoms with Crippen molar-refractivity contribution in [2.45, 2.75) is 489 Å². The predicted octanol–water partition coefficient (Wildman–Crippen LogP) is 34.7. The highest BCUT2D eigenvalue weighted by atomic mass is 31.2. The van der Waals surface area contributed by atoms with Crippen molar-refractivity contribution in [1.82, 2.24) is 0 Å². The van der Waals surface area contributed by atoms with E-state index in [1.54, 1.807) is 0 Å². The Hall–Kier alpha value is -5.35. The van der Waals surface area contributed by atoms with Crippen LogP contribution in [0.3, 0.4) is 0 Å². The third-order valence-electron chi connectivity index (χ3n) is 23.1. The molecule has 0 heterocycles. The number of carbonyl (C=O) groups is 3. The van der Waals surface area contributed by atoms with Gasteiger partial charge in [0.15, 0.2) is 6.10 Å². The van der Waals surface area contributed by atoms with E-state index in [4.69, 9.17) is 32.3 Å². The predicted molar refractivity (Wildman–Crippen MR) is 565 cm³/mol. The summed E-state index contributed by atoms with van der Waals surface area (Å²) < 4.78 is 61.8. The lowest BCUT2D eigenvalue weighted by atomic mass is 10.0. The summed E-state index contributed by atoms with van der Waals surface area (Å²) in [5, 5.41) is 20.8. The molecule has 0 aliphatic carbocycles. The molecule has 0 aromatic heterocycles. The maximum Gasteiger partial charge on any atom is 0.472 e. The summed E-state index contributed by atoms with van der Waals surface area (Å²) in [6.07, 6.45) is 141. The van der Waals surface area contributed by atoms with Crippen molar-refractivity contribution in [3.63, 3.8) is 0 Å². The van der Waals surface area contributed by atoms with Crippen LogP contribution in [0.25, 0.3) is 0 Å². The smallest absolute Gasteiger partial charge is 0.463 e. The summed E-state index contributed by atoms with van der Waals surface area (Å²) in [6.45, 7) is 2.51. The van der Waals surface area contributed by atoms with Crippen LogP contribution >= 0.6 is 15.6 Å². The molecule has 764 valence electrons. The van der Waals surface area contributed by atoms with Gasteiger partial charge in [-0.15, -0.1) is 0 Å². The molecular formula is C115H198O16P2. The molecular weight excluding hydrogens is 1700 g/mol. The molecule has 0 aliphatic rings. The maximum atomic E-state index is 13.2. The number of hydrogen-bond donors (Lipinski definition) is 4. The van der Waals surface area contributed by atoms with E-state index in [9.17, 15) is 43.5 Å². The van der Waals surface area contributed by atoms with Gasteiger partial charge in [0.05, 0.1) is 26.4 Å². The van der Waals surface area contributed by atoms with Gasteiger partial charge in [-0.25, -0.2) is 9.13 Å². The molecule has 0 aliphatic heterocycles. The Labute approximate surface area is 815 Å². The van der Waals surface area contributed by atoms with Gasteiger partial charge in [-0.2, -0.15) is 0 Å². The molecule has 0 saturated carbocycles. The Morgan fingerprint density at radius 1 is 0.218 bits per heavy atom. The standard InChI is InChI=1S/C115H198O16P2/c1-4-7-10-13-16-19-22-25-28-31-34-37-40-43-46-49-51-53-54-56-58-60-62-65-68-71-74-77-80-83-86-89-92-95-98-101-113(118)125-104-110(116)105-127-132(121,122)128-106-111(117)107-129-133(123,124)130-109-112(131-115(120)103-100-97-94-91-88-85-82-79-76-73-70-67-64-59-48-45-42-39-36-33-30-27-24-21-18-15-12-9-6-3)108-126-114(119)102-99-96-93-90-87-84-81-78-75-72-69-66-63-61-57-55-52-50-47-44-41-38-35-32-29-26-23-20-17-14-11-8-5-2/h8-9,11-12,16-21,25-30,34-39,43-48,52,55,110-112,116-117H,4-7,10,13-15,22-24,31-33,40-42,49-51,53-54,56-109H2,1-3H3,(H,121,122)(H,123,124)/b11-8-,12-9-,19-16-,20-17-,21-18-,28-25-,29-26-,30-27-,37-34-,38-35-,39-36-,46-43-,47-44-,48-45-,55-52-. The fraction of sp³-hybridized carbons (Fsp3) is 0.713. The number of aliphatic hydroxyl groups excluding tert-OH is 2. The lowest BCUT2D eigenvalue weighted by molar-refractivity contribution is -0.161. The Balaban J connectivity index is 4.59. The number of aliphatic hydroxyl groups is 2. The molecule has 0 amide bonds. The Morgan fingerprint density at radius 2 is 0.398 bits per heavy atom. The largest absolute Gasteiger partial charge is 0.472 e. The molecule has 0 bridgehead atoms. The number of hydrogen-bond acceptors (Lipinski definition) is 14. The van der Waals surface area contributed by atoms with E-state index in [0.717, 1.165) is 167 Å². The average Bonchev–Trinajstić information content (AvgIpc) is 0.895. The summed E-state index contributed by atoms with van der Waals surface area (Å²) in [6, 6.07) is 0. The zero-order valence-electron chi connectivity index (χ0n) is 84.9. The van der Waals surface area contributed by atoms with Crippen LogP contribution in [0.5, 0.6) is 0 Å². The minimum Gasteiger partial charge on any atom is -0.463 e. The van der Waals surface area contributed by atoms with Crippen LogP contribution in [0.2, 0.25) is 0 Å². The molecule has 0 rings (SSSR count). The van der Waals surface area contributed by atoms with Gasteiger partial charge < -0.3 is 34.2 Å². The lowest BCUT2D eigenvalue weighted by Crippen LogP contribution is -2.30. The van der Waals surface area contributed by atoms with Gasteiger partial charge in [0.2, 0.25) is 0 Å². The summed E-state index contributed by atoms with van der Waals surface area (Å²) in [5.41, 5.74) is 0. The quantitative estimate of drug-likeness (QED) is 0.0146. The van der Waals surface area contributed by atoms with E-state index < -0.39 is 91.5 Å². The fourth-order valence-electron chi connectivity index (χ4n) is 15.0. The van der Waals surface area contributed by atoms with E-state index in [1.807, 2.05) is 0 Å². The minimum atomic E-state index is -4.95. The van der Waals surface area contributed by atoms with E-state index >= 15 is 0 Å². The molecule has 18 heteroatoms. The monoisotopic (exact) mass is 1900 g/mol. The number of unbranched alkanes of at least 4 members (excludes halogenated alkanes) is 49. The van der Waals surface area contributed by atoms with Crippen molar-refractivity contribution < 1.29 is 75.8 Å². The minimum absolute atomic E-state index is 0.0995. The number of phosphoric ester groups is 2. The molecule has 16 nitrogen and oxygen atoms in total. The van der Waals surface area contributed by atoms with Crippen LogP contribution in [0.1, 0.15) is 470 Å². The summed E-state index contributed by atoms with van der Waals surface area (Å²) >= 11 is 0. The van der Waals surface area contributed by atoms with Gasteiger partial charge in [-0.05, 0) is 161 Å². The summed E-state index contributed by atoms with van der Waals surface area (Å²) in [5.74, 6) is -1.56. The fourth-order valence-corrected chi connectivity index (χ4v) is 16.6. The van der Waals surface area contributed by atoms with Crippen molar-refractivity contribution in [2.24, 2.45) is 0 Å². The third kappa shape index (κ3) is 107. The molecule has 0 aromatic rings. The summed E-state index contributed by atoms with van der Waals surface area (Å²) in [7, 11) is -9.82. The van der Waals surface area contributed by atoms with Gasteiger partial charge in [-0.3, -0.25) is 32.5 Å². The topological polar surface area (TPSA) is 231 Å². The van der Waals surface area contributed by atoms with Gasteiger partial charge in [0.25, 0.3) is 0 Å². The van der Waals surface area contributed by atoms with Gasteiger partial charge in [-0.1, -0.05) is 473 Å². The molecule has 0 radical (unpaired) electrons. The zero-order valence-corrected chi connectivity index (χ0v) is 86.7. The molecule has 4 N–H and O–H groups in total. The molecule has 133 heavy (non-hydrogen) atoms. The van der Waals surface area contributed by atoms with Gasteiger partial charge in [0, 0.05) is 19.3 Å². The van der Waals surface area contributed by atoms with Crippen LogP contribution in [0.15, 0.2) is 182 Å². The first kappa shape index (κ1) is 128. The van der Waals surface area contributed by atoms with Crippen molar-refractivity contribution in [1.29, 1.82) is 0 Å². The van der Waals surface area contributed by atoms with Crippen LogP contribution in [0, 0.1) is 0 Å². The summed E-state index contributed by atoms with van der Waals surface area (Å²) in [4.78, 5) is 59.3. The second kappa shape index (κ2) is 106. The molecule has 0 aromatic carbocycles. The molecule has 5 unspecified atom stereocenters. The average molecular weight is 1900 g/mol. The normalized spacial score (nSPS) is 14.3. The zero-order chi connectivity index (χ0) is 96.4. The number of rotatable bonds is 102. The first-order valence-electron chi connectivity index (χ1n) is 54.1. The molecule has 0 spiro atoms. The Kier molecular flexibility index (Phi) is 101. The number of carbonyl (C=O) groups excluding carboxylic acids is 3. The molecule has 5 atom stereocenters. The maximum absolute atomic E-state index is 13.2. The SMILES string of the molecule is CC/C=C\C/C=C\C/C=C\C/C=C\C/C=C\C/C=C\CCCCCCCCCCCCCCCCC(=O)OCC(COP(=O)(O)OCC(O)COP(=O)(O)OCC(O)COC(=O)CCCCCCCCCCCCCCCCCCCCC/C=C\C/C=C\C/C=C\C/C=C\CCCCC)OC(=O)CCCCCCCCCCCCCCC/C=C\C/C=C\C/C=C\C/C=C\C/C=C\CC. The van der Waals surface area contributed by atoms with Gasteiger partial charge in [0.1, 0.15) is 25.4 Å². The Bertz CT molecular complexity index is 3150. The van der Waals surface area contributed by atoms with E-state index in [1.165, 1.54) is 244 Å². The van der Waals surface area contributed by atoms with Crippen molar-refractivity contribution in [3.05, 3.63) is 182 Å². The lowest BCUT2D eigenvalue weighted by Gasteiger charge is -2.21. The third-order valence-corrected chi connectivity index (χ3v) is 25.0. The highest BCUT2D eigenvalue weighted by Gasteiger charge is 2.30. The first-order chi connectivity index (χ1) is 65.2. The van der Waals surface area contributed by atoms with Crippen LogP contribution in [-0.4, -0.2) is 95.9 Å². The van der Waals surface area contributed by atoms with Crippen molar-refractivity contribution >= 4 is 33.6 Å². The van der Waals surface area contributed by atoms with Gasteiger partial charge >= 0.3 is 33.6 Å². The van der Waals surface area contributed by atoms with Crippen LogP contribution < -0.4 is 0 Å². The van der Waals surface area contributed by atoms with Crippen LogP contribution in [-0.2, 0) is 55.8 Å². The number of allylic oxidation sites excluding steroid dienone is 30. The first-order valence-corrected chi connectivity index (χ1v) is 57.1. The number of ether oxygens (including phenoxy) is 3. The highest BCUT2D eigenvalue weighted by molar-refractivity contribution is 7.47. The highest BCUT2D eigenvalue weighted by Crippen LogP contribution is 2.45. The van der Waals surface area contributed by atoms with E-state index in [2.05, 4.69) is 203 Å². The van der Waals surface area contributed by atoms with Crippen molar-refractivity contribution in [2.75, 3.05) is 39.6 Å². The van der Waals surface area contributed by atoms with E-state index in [-0.39, 0.29) is 19.3 Å². The molecule has 0 saturated heterocycles. The number of phosphoric acid groups is 2. The Morgan fingerprint density at radius 3 is 0.632 bits per heavy atom. The van der Waals surface area contributed by atoms with Crippen molar-refractivity contribution in [3.8, 4) is 0 Å².